The highest BCUT2D eigenvalue weighted by Gasteiger charge is 2.24. The van der Waals surface area contributed by atoms with Crippen LogP contribution in [0.4, 0.5) is 0 Å². The van der Waals surface area contributed by atoms with E-state index in [-0.39, 0.29) is 29.4 Å². The number of hydrogen-bond acceptors (Lipinski definition) is 4. The summed E-state index contributed by atoms with van der Waals surface area (Å²) in [7, 11) is 0. The number of phenolic OH excluding ortho intramolecular Hbond substituents is 1. The number of carbonyl (C=O) groups is 2. The van der Waals surface area contributed by atoms with Crippen molar-refractivity contribution in [3.63, 3.8) is 0 Å². The number of ketones is 1. The van der Waals surface area contributed by atoms with E-state index in [1.165, 1.54) is 0 Å². The lowest BCUT2D eigenvalue weighted by Gasteiger charge is -2.26. The maximum atomic E-state index is 12.4. The van der Waals surface area contributed by atoms with Crippen LogP contribution in [0.25, 0.3) is 0 Å². The molecule has 0 saturated carbocycles. The number of rotatable bonds is 3. The molecule has 1 aliphatic carbocycles. The highest BCUT2D eigenvalue weighted by atomic mass is 16.5. The molecule has 1 fully saturated rings. The summed E-state index contributed by atoms with van der Waals surface area (Å²) in [4.78, 5) is 26.2. The quantitative estimate of drug-likeness (QED) is 0.682. The van der Waals surface area contributed by atoms with Crippen LogP contribution in [0.2, 0.25) is 0 Å². The number of carbonyl (C=O) groups excluding carboxylic acids is 2. The number of phenols is 1. The van der Waals surface area contributed by atoms with Crippen LogP contribution >= 0.6 is 0 Å². The number of aromatic hydroxyl groups is 1. The number of morpholine rings is 1. The third-order valence-corrected chi connectivity index (χ3v) is 4.48. The molecule has 1 N–H and O–H groups in total. The number of amides is 1. The van der Waals surface area contributed by atoms with Gasteiger partial charge in [-0.2, -0.15) is 0 Å². The predicted molar refractivity (Wildman–Crippen MR) is 81.1 cm³/mol. The van der Waals surface area contributed by atoms with Crippen LogP contribution in [0.15, 0.2) is 12.1 Å². The highest BCUT2D eigenvalue weighted by molar-refractivity contribution is 6.09. The molecule has 3 rings (SSSR count). The van der Waals surface area contributed by atoms with Crippen molar-refractivity contribution in [1.82, 2.24) is 4.90 Å². The van der Waals surface area contributed by atoms with Gasteiger partial charge in [-0.05, 0) is 42.9 Å². The van der Waals surface area contributed by atoms with Crippen molar-refractivity contribution in [3.8, 4) is 5.75 Å². The summed E-state index contributed by atoms with van der Waals surface area (Å²) in [6.45, 7) is 2.10. The second-order valence-corrected chi connectivity index (χ2v) is 5.90. The lowest BCUT2D eigenvalue weighted by Crippen LogP contribution is -2.41. The van der Waals surface area contributed by atoms with Gasteiger partial charge in [-0.15, -0.1) is 0 Å². The number of hydrogen-bond donors (Lipinski definition) is 1. The van der Waals surface area contributed by atoms with Crippen molar-refractivity contribution in [3.05, 3.63) is 28.8 Å². The number of fused-ring (bicyclic) bond motifs is 1. The summed E-state index contributed by atoms with van der Waals surface area (Å²) in [6, 6.07) is 3.58. The van der Waals surface area contributed by atoms with Crippen LogP contribution in [-0.2, 0) is 22.4 Å². The standard InChI is InChI=1S/C17H21NO4/c19-15(11-16(20)18-7-9-22-10-8-18)14-6-5-12-3-1-2-4-13(12)17(14)21/h5-6,21H,1-4,7-11H2. The van der Waals surface area contributed by atoms with E-state index in [0.717, 1.165) is 36.8 Å². The normalized spacial score (nSPS) is 17.9. The zero-order chi connectivity index (χ0) is 15.5. The van der Waals surface area contributed by atoms with Gasteiger partial charge < -0.3 is 14.7 Å². The average Bonchev–Trinajstić information content (AvgIpc) is 2.56. The Morgan fingerprint density at radius 3 is 2.64 bits per heavy atom. The molecule has 0 unspecified atom stereocenters. The zero-order valence-corrected chi connectivity index (χ0v) is 12.6. The highest BCUT2D eigenvalue weighted by Crippen LogP contribution is 2.32. The Morgan fingerprint density at radius 1 is 1.14 bits per heavy atom. The van der Waals surface area contributed by atoms with Crippen molar-refractivity contribution in [1.29, 1.82) is 0 Å². The van der Waals surface area contributed by atoms with Crippen LogP contribution in [-0.4, -0.2) is 48.0 Å². The lowest BCUT2D eigenvalue weighted by atomic mass is 9.88. The van der Waals surface area contributed by atoms with Gasteiger partial charge in [-0.25, -0.2) is 0 Å². The van der Waals surface area contributed by atoms with Crippen molar-refractivity contribution in [2.45, 2.75) is 32.1 Å². The number of nitrogens with zero attached hydrogens (tertiary/aromatic N) is 1. The maximum absolute atomic E-state index is 12.4. The summed E-state index contributed by atoms with van der Waals surface area (Å²) in [6.07, 6.45) is 3.72. The van der Waals surface area contributed by atoms with E-state index in [9.17, 15) is 14.7 Å². The molecule has 5 heteroatoms. The number of benzene rings is 1. The third kappa shape index (κ3) is 2.99. The van der Waals surface area contributed by atoms with E-state index in [2.05, 4.69) is 0 Å². The van der Waals surface area contributed by atoms with Crippen molar-refractivity contribution in [2.75, 3.05) is 26.3 Å². The van der Waals surface area contributed by atoms with Crippen molar-refractivity contribution in [2.24, 2.45) is 0 Å². The predicted octanol–water partition coefficient (Wildman–Crippen LogP) is 1.70. The van der Waals surface area contributed by atoms with Crippen LogP contribution in [0.3, 0.4) is 0 Å². The molecule has 0 spiro atoms. The summed E-state index contributed by atoms with van der Waals surface area (Å²) >= 11 is 0. The van der Waals surface area contributed by atoms with Gasteiger partial charge in [0.2, 0.25) is 5.91 Å². The second-order valence-electron chi connectivity index (χ2n) is 5.90. The molecule has 1 aromatic rings. The number of ether oxygens (including phenoxy) is 1. The minimum atomic E-state index is -0.303. The van der Waals surface area contributed by atoms with E-state index in [4.69, 9.17) is 4.74 Å². The van der Waals surface area contributed by atoms with Crippen molar-refractivity contribution >= 4 is 11.7 Å². The Hall–Kier alpha value is -1.88. The Labute approximate surface area is 129 Å². The molecular formula is C17H21NO4. The van der Waals surface area contributed by atoms with Gasteiger partial charge >= 0.3 is 0 Å². The largest absolute Gasteiger partial charge is 0.507 e. The molecule has 0 atom stereocenters. The van der Waals surface area contributed by atoms with Gasteiger partial charge in [0.25, 0.3) is 0 Å². The molecule has 5 nitrogen and oxygen atoms in total. The summed E-state index contributed by atoms with van der Waals surface area (Å²) < 4.78 is 5.20. The van der Waals surface area contributed by atoms with Gasteiger partial charge in [0.05, 0.1) is 25.2 Å². The van der Waals surface area contributed by atoms with Crippen LogP contribution in [0.5, 0.6) is 5.75 Å². The average molecular weight is 303 g/mol. The molecule has 22 heavy (non-hydrogen) atoms. The monoisotopic (exact) mass is 303 g/mol. The van der Waals surface area contributed by atoms with E-state index in [0.29, 0.717) is 26.3 Å². The second kappa shape index (κ2) is 6.48. The summed E-state index contributed by atoms with van der Waals surface area (Å²) in [5.74, 6) is -0.412. The van der Waals surface area contributed by atoms with E-state index in [1.54, 1.807) is 11.0 Å². The molecule has 1 aromatic carbocycles. The van der Waals surface area contributed by atoms with Crippen molar-refractivity contribution < 1.29 is 19.4 Å². The van der Waals surface area contributed by atoms with Crippen LogP contribution < -0.4 is 0 Å². The minimum Gasteiger partial charge on any atom is -0.507 e. The molecule has 0 aromatic heterocycles. The lowest BCUT2D eigenvalue weighted by molar-refractivity contribution is -0.134. The Balaban J connectivity index is 1.73. The molecule has 1 aliphatic heterocycles. The molecule has 118 valence electrons. The van der Waals surface area contributed by atoms with E-state index < -0.39 is 0 Å². The molecule has 1 saturated heterocycles. The Morgan fingerprint density at radius 2 is 1.86 bits per heavy atom. The summed E-state index contributed by atoms with van der Waals surface area (Å²) in [5, 5.41) is 10.4. The molecule has 0 bridgehead atoms. The first-order valence-electron chi connectivity index (χ1n) is 7.89. The first kappa shape index (κ1) is 15.0. The topological polar surface area (TPSA) is 66.8 Å². The first-order valence-corrected chi connectivity index (χ1v) is 7.89. The first-order chi connectivity index (χ1) is 10.7. The molecular weight excluding hydrogens is 282 g/mol. The minimum absolute atomic E-state index is 0.0805. The number of Topliss-reactive ketones (excluding diaryl/α,β-unsaturated/α-hetero) is 1. The van der Waals surface area contributed by atoms with Gasteiger partial charge in [0.1, 0.15) is 5.75 Å². The molecule has 1 amide bonds. The Kier molecular flexibility index (Phi) is 4.43. The zero-order valence-electron chi connectivity index (χ0n) is 12.6. The van der Waals surface area contributed by atoms with Gasteiger partial charge in [-0.1, -0.05) is 6.07 Å². The van der Waals surface area contributed by atoms with Crippen LogP contribution in [0.1, 0.15) is 40.7 Å². The summed E-state index contributed by atoms with van der Waals surface area (Å²) in [5.41, 5.74) is 2.29. The smallest absolute Gasteiger partial charge is 0.230 e. The fourth-order valence-electron chi connectivity index (χ4n) is 3.19. The van der Waals surface area contributed by atoms with E-state index >= 15 is 0 Å². The molecule has 1 heterocycles. The molecule has 0 radical (unpaired) electrons. The maximum Gasteiger partial charge on any atom is 0.230 e. The van der Waals surface area contributed by atoms with Gasteiger partial charge in [-0.3, -0.25) is 9.59 Å². The fraction of sp³-hybridized carbons (Fsp3) is 0.529. The third-order valence-electron chi connectivity index (χ3n) is 4.48. The van der Waals surface area contributed by atoms with Gasteiger partial charge in [0.15, 0.2) is 5.78 Å². The SMILES string of the molecule is O=C(CC(=O)N1CCOCC1)c1ccc2c(c1O)CCCC2. The molecule has 2 aliphatic rings. The fourth-order valence-corrected chi connectivity index (χ4v) is 3.19. The van der Waals surface area contributed by atoms with Crippen LogP contribution in [0, 0.1) is 0 Å². The van der Waals surface area contributed by atoms with E-state index in [1.807, 2.05) is 6.07 Å². The number of aryl methyl sites for hydroxylation is 1. The van der Waals surface area contributed by atoms with Gasteiger partial charge in [0, 0.05) is 13.1 Å². The Bertz CT molecular complexity index is 591.